The molecule has 122 valence electrons. The Kier molecular flexibility index (Phi) is 7.22. The summed E-state index contributed by atoms with van der Waals surface area (Å²) in [7, 11) is 2.52. The van der Waals surface area contributed by atoms with Crippen molar-refractivity contribution in [2.45, 2.75) is 6.61 Å². The highest BCUT2D eigenvalue weighted by Crippen LogP contribution is 2.10. The molecular weight excluding hydrogens is 304 g/mol. The molecule has 0 spiro atoms. The van der Waals surface area contributed by atoms with Gasteiger partial charge in [0.25, 0.3) is 0 Å². The third kappa shape index (κ3) is 5.08. The van der Waals surface area contributed by atoms with Crippen LogP contribution in [0.15, 0.2) is 40.8 Å². The smallest absolute Gasteiger partial charge is 0.338 e. The Hall–Kier alpha value is -2.93. The lowest BCUT2D eigenvalue weighted by atomic mass is 10.1. The fourth-order valence-corrected chi connectivity index (χ4v) is 1.60. The van der Waals surface area contributed by atoms with Crippen LogP contribution in [0.3, 0.4) is 0 Å². The van der Waals surface area contributed by atoms with Gasteiger partial charge in [0, 0.05) is 0 Å². The average molecular weight is 320 g/mol. The van der Waals surface area contributed by atoms with E-state index >= 15 is 0 Å². The first-order chi connectivity index (χ1) is 11.1. The van der Waals surface area contributed by atoms with Crippen LogP contribution in [-0.2, 0) is 16.1 Å². The van der Waals surface area contributed by atoms with Crippen molar-refractivity contribution in [1.29, 1.82) is 0 Å². The summed E-state index contributed by atoms with van der Waals surface area (Å²) in [5.74, 6) is -0.437. The van der Waals surface area contributed by atoms with E-state index < -0.39 is 11.9 Å². The van der Waals surface area contributed by atoms with Crippen LogP contribution in [0.5, 0.6) is 0 Å². The number of ether oxygens (including phenoxy) is 2. The van der Waals surface area contributed by atoms with E-state index in [1.165, 1.54) is 32.4 Å². The number of carbonyl (C=O) groups is 3. The predicted octanol–water partition coefficient (Wildman–Crippen LogP) is 1.84. The number of hydrogen-bond acceptors (Lipinski definition) is 7. The second kappa shape index (κ2) is 9.16. The van der Waals surface area contributed by atoms with Gasteiger partial charge in [-0.05, 0) is 24.3 Å². The van der Waals surface area contributed by atoms with Crippen LogP contribution >= 0.6 is 0 Å². The highest BCUT2D eigenvalue weighted by Gasteiger charge is 2.16. The van der Waals surface area contributed by atoms with Gasteiger partial charge in [0.1, 0.15) is 12.4 Å². The number of methoxy groups -OCH3 is 2. The van der Waals surface area contributed by atoms with Crippen molar-refractivity contribution in [3.8, 4) is 0 Å². The third-order valence-corrected chi connectivity index (χ3v) is 2.69. The summed E-state index contributed by atoms with van der Waals surface area (Å²) in [4.78, 5) is 32.4. The third-order valence-electron chi connectivity index (χ3n) is 2.69. The van der Waals surface area contributed by atoms with Gasteiger partial charge in [-0.1, -0.05) is 12.1 Å². The topological polar surface area (TPSA) is 103 Å². The second-order valence-corrected chi connectivity index (χ2v) is 4.11. The molecule has 1 heterocycles. The molecule has 7 nitrogen and oxygen atoms in total. The van der Waals surface area contributed by atoms with Gasteiger partial charge in [-0.25, -0.2) is 9.59 Å². The van der Waals surface area contributed by atoms with Crippen LogP contribution in [-0.4, -0.2) is 37.6 Å². The van der Waals surface area contributed by atoms with Crippen molar-refractivity contribution in [3.05, 3.63) is 59.0 Å². The van der Waals surface area contributed by atoms with E-state index in [1.807, 2.05) is 0 Å². The Morgan fingerprint density at radius 1 is 1.04 bits per heavy atom. The van der Waals surface area contributed by atoms with E-state index in [-0.39, 0.29) is 23.5 Å². The SMILES string of the molecule is COC(=O)c1ccccc1C(=O)OC.O=Cc1ccc(CO)o1. The Bertz CT molecular complexity index is 638. The minimum atomic E-state index is -0.550. The van der Waals surface area contributed by atoms with Crippen molar-refractivity contribution in [1.82, 2.24) is 0 Å². The molecule has 1 aromatic heterocycles. The van der Waals surface area contributed by atoms with E-state index in [0.717, 1.165) is 0 Å². The normalized spacial score (nSPS) is 9.35. The largest absolute Gasteiger partial charge is 0.465 e. The first-order valence-electron chi connectivity index (χ1n) is 6.47. The Morgan fingerprint density at radius 3 is 1.87 bits per heavy atom. The summed E-state index contributed by atoms with van der Waals surface area (Å²) in [6.07, 6.45) is 0.596. The Balaban J connectivity index is 0.000000253. The van der Waals surface area contributed by atoms with Crippen molar-refractivity contribution in [2.24, 2.45) is 0 Å². The first-order valence-corrected chi connectivity index (χ1v) is 6.47. The van der Waals surface area contributed by atoms with Crippen LogP contribution in [0.2, 0.25) is 0 Å². The summed E-state index contributed by atoms with van der Waals surface area (Å²) in [5, 5.41) is 8.44. The molecule has 23 heavy (non-hydrogen) atoms. The number of aliphatic hydroxyl groups is 1. The highest BCUT2D eigenvalue weighted by molar-refractivity contribution is 6.03. The lowest BCUT2D eigenvalue weighted by Crippen LogP contribution is -2.11. The minimum absolute atomic E-state index is 0.159. The number of rotatable bonds is 4. The van der Waals surface area contributed by atoms with Crippen molar-refractivity contribution >= 4 is 18.2 Å². The van der Waals surface area contributed by atoms with Gasteiger partial charge in [0.15, 0.2) is 12.0 Å². The number of furan rings is 1. The van der Waals surface area contributed by atoms with Crippen LogP contribution in [0.4, 0.5) is 0 Å². The summed E-state index contributed by atoms with van der Waals surface area (Å²) in [6.45, 7) is -0.159. The lowest BCUT2D eigenvalue weighted by molar-refractivity contribution is 0.0555. The maximum atomic E-state index is 11.2. The summed E-state index contributed by atoms with van der Waals surface area (Å²) < 4.78 is 13.8. The maximum absolute atomic E-state index is 11.2. The maximum Gasteiger partial charge on any atom is 0.338 e. The molecule has 0 amide bonds. The van der Waals surface area contributed by atoms with Crippen molar-refractivity contribution < 1.29 is 33.4 Å². The van der Waals surface area contributed by atoms with E-state index in [9.17, 15) is 14.4 Å². The number of carbonyl (C=O) groups excluding carboxylic acids is 3. The van der Waals surface area contributed by atoms with Crippen LogP contribution < -0.4 is 0 Å². The van der Waals surface area contributed by atoms with Gasteiger partial charge in [-0.3, -0.25) is 4.79 Å². The van der Waals surface area contributed by atoms with E-state index in [0.29, 0.717) is 12.0 Å². The zero-order valence-electron chi connectivity index (χ0n) is 12.6. The first kappa shape index (κ1) is 18.1. The van der Waals surface area contributed by atoms with Gasteiger partial charge in [0.05, 0.1) is 25.3 Å². The fraction of sp³-hybridized carbons (Fsp3) is 0.188. The molecule has 7 heteroatoms. The molecule has 1 aromatic carbocycles. The van der Waals surface area contributed by atoms with Gasteiger partial charge < -0.3 is 19.0 Å². The van der Waals surface area contributed by atoms with Gasteiger partial charge in [0.2, 0.25) is 0 Å². The number of hydrogen-bond donors (Lipinski definition) is 1. The van der Waals surface area contributed by atoms with Gasteiger partial charge >= 0.3 is 11.9 Å². The molecule has 2 rings (SSSR count). The molecule has 0 atom stereocenters. The minimum Gasteiger partial charge on any atom is -0.465 e. The highest BCUT2D eigenvalue weighted by atomic mass is 16.5. The molecule has 0 aliphatic carbocycles. The second-order valence-electron chi connectivity index (χ2n) is 4.11. The van der Waals surface area contributed by atoms with E-state index in [4.69, 9.17) is 9.52 Å². The van der Waals surface area contributed by atoms with Crippen molar-refractivity contribution in [3.63, 3.8) is 0 Å². The zero-order chi connectivity index (χ0) is 17.2. The molecule has 0 radical (unpaired) electrons. The van der Waals surface area contributed by atoms with Crippen molar-refractivity contribution in [2.75, 3.05) is 14.2 Å². The number of aldehydes is 1. The van der Waals surface area contributed by atoms with Crippen LogP contribution in [0.25, 0.3) is 0 Å². The molecule has 0 aliphatic heterocycles. The van der Waals surface area contributed by atoms with Crippen LogP contribution in [0, 0.1) is 0 Å². The number of benzene rings is 1. The molecule has 2 aromatic rings. The summed E-state index contributed by atoms with van der Waals surface area (Å²) in [6, 6.07) is 9.40. The van der Waals surface area contributed by atoms with Gasteiger partial charge in [-0.15, -0.1) is 0 Å². The van der Waals surface area contributed by atoms with Crippen LogP contribution in [0.1, 0.15) is 37.0 Å². The monoisotopic (exact) mass is 320 g/mol. The standard InChI is InChI=1S/C10H10O4.C6H6O3/c1-13-9(11)7-5-3-4-6-8(7)10(12)14-2;7-3-5-1-2-6(4-8)9-5/h3-6H,1-2H3;1-3,8H,4H2. The zero-order valence-corrected chi connectivity index (χ0v) is 12.6. The lowest BCUT2D eigenvalue weighted by Gasteiger charge is -2.04. The molecule has 0 saturated carbocycles. The molecule has 0 saturated heterocycles. The molecular formula is C16H16O7. The Morgan fingerprint density at radius 2 is 1.57 bits per heavy atom. The molecule has 0 fully saturated rings. The van der Waals surface area contributed by atoms with Gasteiger partial charge in [-0.2, -0.15) is 0 Å². The molecule has 0 bridgehead atoms. The summed E-state index contributed by atoms with van der Waals surface area (Å²) >= 11 is 0. The van der Waals surface area contributed by atoms with E-state index in [2.05, 4.69) is 9.47 Å². The number of aliphatic hydroxyl groups excluding tert-OH is 1. The molecule has 0 aliphatic rings. The predicted molar refractivity (Wildman–Crippen MR) is 79.1 cm³/mol. The summed E-state index contributed by atoms with van der Waals surface area (Å²) in [5.41, 5.74) is 0.420. The number of esters is 2. The quantitative estimate of drug-likeness (QED) is 0.677. The van der Waals surface area contributed by atoms with E-state index in [1.54, 1.807) is 18.2 Å². The average Bonchev–Trinajstić information content (AvgIpc) is 3.09. The molecule has 0 unspecified atom stereocenters. The Labute approximate surface area is 132 Å². The molecule has 1 N–H and O–H groups in total. The fourth-order valence-electron chi connectivity index (χ4n) is 1.60.